The highest BCUT2D eigenvalue weighted by Crippen LogP contribution is 2.27. The Bertz CT molecular complexity index is 534. The van der Waals surface area contributed by atoms with E-state index in [4.69, 9.17) is 5.84 Å². The van der Waals surface area contributed by atoms with Crippen molar-refractivity contribution in [3.8, 4) is 0 Å². The van der Waals surface area contributed by atoms with Crippen LogP contribution in [0.3, 0.4) is 0 Å². The summed E-state index contributed by atoms with van der Waals surface area (Å²) in [6.07, 6.45) is 1.56. The summed E-state index contributed by atoms with van der Waals surface area (Å²) < 4.78 is 0. The number of likely N-dealkylation sites (tertiary alicyclic amines) is 1. The molecule has 1 aromatic carbocycles. The van der Waals surface area contributed by atoms with Crippen LogP contribution in [0.5, 0.6) is 0 Å². The van der Waals surface area contributed by atoms with Crippen molar-refractivity contribution >= 4 is 17.3 Å². The van der Waals surface area contributed by atoms with E-state index in [-0.39, 0.29) is 35.5 Å². The Morgan fingerprint density at radius 1 is 1.60 bits per heavy atom. The van der Waals surface area contributed by atoms with Gasteiger partial charge >= 0.3 is 0 Å². The maximum absolute atomic E-state index is 12.3. The van der Waals surface area contributed by atoms with Crippen LogP contribution in [0.2, 0.25) is 0 Å². The van der Waals surface area contributed by atoms with Crippen LogP contribution in [0.15, 0.2) is 18.2 Å². The quantitative estimate of drug-likeness (QED) is 0.419. The number of rotatable bonds is 4. The summed E-state index contributed by atoms with van der Waals surface area (Å²) in [6.45, 7) is 0.449. The van der Waals surface area contributed by atoms with Gasteiger partial charge in [0.15, 0.2) is 0 Å². The van der Waals surface area contributed by atoms with Crippen LogP contribution in [-0.2, 0) is 0 Å². The summed E-state index contributed by atoms with van der Waals surface area (Å²) in [5, 5.41) is 20.2. The molecular formula is C12H16N4O4. The minimum Gasteiger partial charge on any atom is -0.394 e. The largest absolute Gasteiger partial charge is 0.394 e. The van der Waals surface area contributed by atoms with Gasteiger partial charge < -0.3 is 15.4 Å². The van der Waals surface area contributed by atoms with Gasteiger partial charge in [-0.1, -0.05) is 0 Å². The van der Waals surface area contributed by atoms with Crippen molar-refractivity contribution < 1.29 is 14.8 Å². The fourth-order valence-electron chi connectivity index (χ4n) is 2.40. The molecule has 1 saturated heterocycles. The van der Waals surface area contributed by atoms with Gasteiger partial charge in [-0.3, -0.25) is 20.8 Å². The maximum Gasteiger partial charge on any atom is 0.294 e. The molecule has 0 spiro atoms. The monoisotopic (exact) mass is 280 g/mol. The first-order valence-corrected chi connectivity index (χ1v) is 6.25. The third-order valence-corrected chi connectivity index (χ3v) is 3.45. The number of nitro benzene ring substituents is 1. The average molecular weight is 280 g/mol. The summed E-state index contributed by atoms with van der Waals surface area (Å²) >= 11 is 0. The molecule has 1 unspecified atom stereocenters. The fourth-order valence-corrected chi connectivity index (χ4v) is 2.40. The second-order valence-electron chi connectivity index (χ2n) is 4.61. The molecule has 0 aliphatic carbocycles. The molecule has 1 aromatic rings. The number of nitrogens with two attached hydrogens (primary N) is 1. The Balaban J connectivity index is 2.31. The molecule has 0 saturated carbocycles. The predicted octanol–water partition coefficient (Wildman–Crippen LogP) is 0.477. The molecule has 108 valence electrons. The topological polar surface area (TPSA) is 122 Å². The fraction of sp³-hybridized carbons (Fsp3) is 0.417. The molecule has 8 nitrogen and oxygen atoms in total. The number of hydrogen-bond acceptors (Lipinski definition) is 6. The van der Waals surface area contributed by atoms with Crippen molar-refractivity contribution in [1.29, 1.82) is 0 Å². The number of carbonyl (C=O) groups excluding carboxylic acids is 1. The van der Waals surface area contributed by atoms with E-state index in [0.29, 0.717) is 6.54 Å². The van der Waals surface area contributed by atoms with Gasteiger partial charge in [0, 0.05) is 18.2 Å². The lowest BCUT2D eigenvalue weighted by molar-refractivity contribution is -0.384. The Morgan fingerprint density at radius 2 is 2.35 bits per heavy atom. The lowest BCUT2D eigenvalue weighted by Crippen LogP contribution is -2.37. The van der Waals surface area contributed by atoms with Crippen LogP contribution < -0.4 is 11.3 Å². The second-order valence-corrected chi connectivity index (χ2v) is 4.61. The molecule has 1 aliphatic rings. The van der Waals surface area contributed by atoms with Crippen molar-refractivity contribution in [3.05, 3.63) is 33.9 Å². The average Bonchev–Trinajstić information content (AvgIpc) is 2.94. The van der Waals surface area contributed by atoms with Crippen molar-refractivity contribution in [2.24, 2.45) is 5.84 Å². The molecule has 1 fully saturated rings. The van der Waals surface area contributed by atoms with Gasteiger partial charge in [-0.2, -0.15) is 0 Å². The van der Waals surface area contributed by atoms with Crippen LogP contribution >= 0.6 is 0 Å². The first-order valence-electron chi connectivity index (χ1n) is 6.25. The van der Waals surface area contributed by atoms with Crippen molar-refractivity contribution in [2.45, 2.75) is 18.9 Å². The summed E-state index contributed by atoms with van der Waals surface area (Å²) in [7, 11) is 0. The highest BCUT2D eigenvalue weighted by Gasteiger charge is 2.29. The molecule has 0 bridgehead atoms. The van der Waals surface area contributed by atoms with Crippen molar-refractivity contribution in [2.75, 3.05) is 18.6 Å². The number of amides is 1. The van der Waals surface area contributed by atoms with Gasteiger partial charge in [0.25, 0.3) is 11.6 Å². The summed E-state index contributed by atoms with van der Waals surface area (Å²) in [4.78, 5) is 24.2. The number of nitrogens with one attached hydrogen (secondary N) is 1. The maximum atomic E-state index is 12.3. The van der Waals surface area contributed by atoms with Gasteiger partial charge in [0.2, 0.25) is 0 Å². The number of aliphatic hydroxyl groups excluding tert-OH is 1. The van der Waals surface area contributed by atoms with Crippen LogP contribution in [-0.4, -0.2) is 40.0 Å². The minimum atomic E-state index is -0.598. The number of benzene rings is 1. The third kappa shape index (κ3) is 2.56. The molecule has 1 atom stereocenters. The molecule has 20 heavy (non-hydrogen) atoms. The molecule has 0 aromatic heterocycles. The standard InChI is InChI=1S/C12H16N4O4/c13-14-10-4-3-8(6-11(10)16(19)20)12(18)15-5-1-2-9(15)7-17/h3-4,6,9,14,17H,1-2,5,7,13H2. The lowest BCUT2D eigenvalue weighted by Gasteiger charge is -2.23. The number of anilines is 1. The van der Waals surface area contributed by atoms with E-state index >= 15 is 0 Å². The van der Waals surface area contributed by atoms with Gasteiger partial charge in [-0.15, -0.1) is 0 Å². The summed E-state index contributed by atoms with van der Waals surface area (Å²) in [5.74, 6) is 4.89. The zero-order chi connectivity index (χ0) is 14.7. The Kier molecular flexibility index (Phi) is 4.16. The lowest BCUT2D eigenvalue weighted by atomic mass is 10.1. The van der Waals surface area contributed by atoms with Gasteiger partial charge in [-0.05, 0) is 25.0 Å². The van der Waals surface area contributed by atoms with E-state index in [9.17, 15) is 20.0 Å². The Morgan fingerprint density at radius 3 is 2.95 bits per heavy atom. The van der Waals surface area contributed by atoms with E-state index in [1.165, 1.54) is 18.2 Å². The van der Waals surface area contributed by atoms with Gasteiger partial charge in [-0.25, -0.2) is 0 Å². The van der Waals surface area contributed by atoms with E-state index in [2.05, 4.69) is 5.43 Å². The zero-order valence-electron chi connectivity index (χ0n) is 10.8. The minimum absolute atomic E-state index is 0.101. The molecule has 1 heterocycles. The number of aliphatic hydroxyl groups is 1. The molecule has 8 heteroatoms. The van der Waals surface area contributed by atoms with Gasteiger partial charge in [0.1, 0.15) is 5.69 Å². The third-order valence-electron chi connectivity index (χ3n) is 3.45. The number of carbonyl (C=O) groups is 1. The summed E-state index contributed by atoms with van der Waals surface area (Å²) in [6, 6.07) is 3.87. The Hall–Kier alpha value is -2.19. The SMILES string of the molecule is NNc1ccc(C(=O)N2CCCC2CO)cc1[N+](=O)[O-]. The van der Waals surface area contributed by atoms with Crippen molar-refractivity contribution in [3.63, 3.8) is 0 Å². The van der Waals surface area contributed by atoms with Gasteiger partial charge in [0.05, 0.1) is 17.6 Å². The molecular weight excluding hydrogens is 264 g/mol. The molecule has 1 aliphatic heterocycles. The van der Waals surface area contributed by atoms with E-state index in [0.717, 1.165) is 12.8 Å². The van der Waals surface area contributed by atoms with Crippen molar-refractivity contribution in [1.82, 2.24) is 4.90 Å². The van der Waals surface area contributed by atoms with E-state index in [1.54, 1.807) is 4.90 Å². The highest BCUT2D eigenvalue weighted by atomic mass is 16.6. The van der Waals surface area contributed by atoms with Crippen LogP contribution in [0.25, 0.3) is 0 Å². The highest BCUT2D eigenvalue weighted by molar-refractivity contribution is 5.96. The smallest absolute Gasteiger partial charge is 0.294 e. The number of hydrogen-bond donors (Lipinski definition) is 3. The number of hydrazine groups is 1. The zero-order valence-corrected chi connectivity index (χ0v) is 10.8. The Labute approximate surface area is 115 Å². The molecule has 4 N–H and O–H groups in total. The van der Waals surface area contributed by atoms with Crippen LogP contribution in [0.4, 0.5) is 11.4 Å². The van der Waals surface area contributed by atoms with Crippen LogP contribution in [0, 0.1) is 10.1 Å². The molecule has 0 radical (unpaired) electrons. The molecule has 2 rings (SSSR count). The van der Waals surface area contributed by atoms with E-state index < -0.39 is 4.92 Å². The number of nitro groups is 1. The number of nitrogens with zero attached hydrogens (tertiary/aromatic N) is 2. The predicted molar refractivity (Wildman–Crippen MR) is 72.1 cm³/mol. The first-order chi connectivity index (χ1) is 9.58. The van der Waals surface area contributed by atoms with E-state index in [1.807, 2.05) is 0 Å². The molecule has 1 amide bonds. The normalized spacial score (nSPS) is 18.1. The summed E-state index contributed by atoms with van der Waals surface area (Å²) in [5.41, 5.74) is 2.34. The number of nitrogen functional groups attached to an aromatic ring is 1. The first kappa shape index (κ1) is 14.2. The second kappa shape index (κ2) is 5.85. The van der Waals surface area contributed by atoms with Crippen LogP contribution in [0.1, 0.15) is 23.2 Å².